The molecule has 0 aliphatic carbocycles. The Hall–Kier alpha value is -2.06. The van der Waals surface area contributed by atoms with E-state index in [9.17, 15) is 4.79 Å². The molecule has 0 N–H and O–H groups in total. The van der Waals surface area contributed by atoms with E-state index in [1.165, 1.54) is 11.3 Å². The maximum absolute atomic E-state index is 12.0. The second-order valence-corrected chi connectivity index (χ2v) is 5.83. The Balaban J connectivity index is 2.57. The molecule has 0 spiro atoms. The Bertz CT molecular complexity index is 765. The fourth-order valence-corrected chi connectivity index (χ4v) is 3.25. The number of fused-ring (bicyclic) bond motifs is 1. The van der Waals surface area contributed by atoms with Crippen molar-refractivity contribution in [1.29, 1.82) is 0 Å². The second-order valence-electron chi connectivity index (χ2n) is 4.82. The Kier molecular flexibility index (Phi) is 5.79. The van der Waals surface area contributed by atoms with Crippen LogP contribution in [0.15, 0.2) is 23.2 Å². The van der Waals surface area contributed by atoms with E-state index in [2.05, 4.69) is 17.8 Å². The van der Waals surface area contributed by atoms with Gasteiger partial charge in [-0.25, -0.2) is 0 Å². The molecule has 1 heterocycles. The molecule has 0 radical (unpaired) electrons. The molecular weight excluding hydrogens is 296 g/mol. The molecule has 22 heavy (non-hydrogen) atoms. The highest BCUT2D eigenvalue weighted by Gasteiger charge is 2.11. The molecule has 0 aliphatic rings. The normalized spacial score (nSPS) is 11.6. The Morgan fingerprint density at radius 3 is 2.95 bits per heavy atom. The first-order valence-corrected chi connectivity index (χ1v) is 8.29. The maximum atomic E-state index is 12.0. The lowest BCUT2D eigenvalue weighted by molar-refractivity contribution is -0.118. The summed E-state index contributed by atoms with van der Waals surface area (Å²) in [5, 5.41) is 0. The van der Waals surface area contributed by atoms with Crippen molar-refractivity contribution in [3.05, 3.63) is 23.0 Å². The molecule has 0 saturated carbocycles. The van der Waals surface area contributed by atoms with Crippen LogP contribution in [0.25, 0.3) is 10.2 Å². The number of carbonyl (C=O) groups excluding carboxylic acids is 1. The van der Waals surface area contributed by atoms with Crippen molar-refractivity contribution in [2.75, 3.05) is 6.61 Å². The van der Waals surface area contributed by atoms with Gasteiger partial charge in [0.1, 0.15) is 11.3 Å². The van der Waals surface area contributed by atoms with Crippen molar-refractivity contribution in [2.24, 2.45) is 4.99 Å². The zero-order chi connectivity index (χ0) is 15.9. The molecule has 1 aromatic carbocycles. The van der Waals surface area contributed by atoms with Crippen molar-refractivity contribution in [1.82, 2.24) is 4.57 Å². The number of thiazole rings is 1. The molecular formula is C17H20N2O2S. The number of aromatic nitrogens is 1. The first kappa shape index (κ1) is 16.3. The van der Waals surface area contributed by atoms with E-state index in [1.54, 1.807) is 0 Å². The van der Waals surface area contributed by atoms with Crippen LogP contribution >= 0.6 is 11.3 Å². The number of rotatable bonds is 6. The fourth-order valence-electron chi connectivity index (χ4n) is 2.18. The molecule has 0 atom stereocenters. The molecule has 0 unspecified atom stereocenters. The van der Waals surface area contributed by atoms with Crippen LogP contribution in [-0.2, 0) is 11.3 Å². The molecule has 4 nitrogen and oxygen atoms in total. The van der Waals surface area contributed by atoms with E-state index >= 15 is 0 Å². The van der Waals surface area contributed by atoms with Crippen molar-refractivity contribution in [3.8, 4) is 18.1 Å². The van der Waals surface area contributed by atoms with Crippen LogP contribution in [0.2, 0.25) is 0 Å². The molecule has 2 rings (SSSR count). The Morgan fingerprint density at radius 1 is 1.45 bits per heavy atom. The lowest BCUT2D eigenvalue weighted by Gasteiger charge is -2.07. The van der Waals surface area contributed by atoms with Crippen LogP contribution in [0.4, 0.5) is 0 Å². The summed E-state index contributed by atoms with van der Waals surface area (Å²) < 4.78 is 8.58. The minimum atomic E-state index is -0.0999. The van der Waals surface area contributed by atoms with E-state index in [0.717, 1.165) is 28.8 Å². The van der Waals surface area contributed by atoms with Crippen LogP contribution in [-0.4, -0.2) is 17.1 Å². The zero-order valence-electron chi connectivity index (χ0n) is 13.0. The first-order chi connectivity index (χ1) is 10.7. The third-order valence-electron chi connectivity index (χ3n) is 3.18. The van der Waals surface area contributed by atoms with E-state index < -0.39 is 0 Å². The summed E-state index contributed by atoms with van der Waals surface area (Å²) in [7, 11) is 0. The van der Waals surface area contributed by atoms with Gasteiger partial charge >= 0.3 is 0 Å². The molecule has 5 heteroatoms. The van der Waals surface area contributed by atoms with Crippen LogP contribution in [0, 0.1) is 12.3 Å². The van der Waals surface area contributed by atoms with Gasteiger partial charge < -0.3 is 9.30 Å². The van der Waals surface area contributed by atoms with Gasteiger partial charge in [-0.3, -0.25) is 4.79 Å². The van der Waals surface area contributed by atoms with Crippen molar-refractivity contribution >= 4 is 27.5 Å². The summed E-state index contributed by atoms with van der Waals surface area (Å²) in [5.74, 6) is 3.30. The number of hydrogen-bond acceptors (Lipinski definition) is 3. The highest BCUT2D eigenvalue weighted by atomic mass is 32.1. The summed E-state index contributed by atoms with van der Waals surface area (Å²) in [4.78, 5) is 16.8. The van der Waals surface area contributed by atoms with Crippen LogP contribution in [0.5, 0.6) is 5.75 Å². The molecule has 0 fully saturated rings. The first-order valence-electron chi connectivity index (χ1n) is 7.47. The van der Waals surface area contributed by atoms with Gasteiger partial charge in [0.25, 0.3) is 0 Å². The Morgan fingerprint density at radius 2 is 2.27 bits per heavy atom. The number of amides is 1. The number of nitrogens with zero attached hydrogens (tertiary/aromatic N) is 2. The number of carbonyl (C=O) groups is 1. The molecule has 2 aromatic rings. The maximum Gasteiger partial charge on any atom is 0.248 e. The molecule has 1 amide bonds. The van der Waals surface area contributed by atoms with Crippen molar-refractivity contribution in [3.63, 3.8) is 0 Å². The van der Waals surface area contributed by atoms with Gasteiger partial charge in [0, 0.05) is 6.42 Å². The van der Waals surface area contributed by atoms with Gasteiger partial charge in [-0.1, -0.05) is 36.7 Å². The van der Waals surface area contributed by atoms with Gasteiger partial charge in [0.05, 0.1) is 17.9 Å². The Labute approximate surface area is 134 Å². The zero-order valence-corrected chi connectivity index (χ0v) is 13.8. The van der Waals surface area contributed by atoms with Gasteiger partial charge in [0.2, 0.25) is 5.91 Å². The second kappa shape index (κ2) is 7.81. The number of hydrogen-bond donors (Lipinski definition) is 0. The van der Waals surface area contributed by atoms with Crippen molar-refractivity contribution < 1.29 is 9.53 Å². The predicted molar refractivity (Wildman–Crippen MR) is 89.9 cm³/mol. The molecule has 0 bridgehead atoms. The minimum absolute atomic E-state index is 0.0999. The van der Waals surface area contributed by atoms with Crippen molar-refractivity contribution in [2.45, 2.75) is 39.7 Å². The highest BCUT2D eigenvalue weighted by Crippen LogP contribution is 2.27. The fraction of sp³-hybridized carbons (Fsp3) is 0.412. The van der Waals surface area contributed by atoms with Crippen LogP contribution in [0.1, 0.15) is 33.1 Å². The summed E-state index contributed by atoms with van der Waals surface area (Å²) in [6.45, 7) is 4.94. The van der Waals surface area contributed by atoms with Crippen LogP contribution in [0.3, 0.4) is 0 Å². The van der Waals surface area contributed by atoms with Gasteiger partial charge in [-0.2, -0.15) is 4.99 Å². The van der Waals surface area contributed by atoms with Gasteiger partial charge in [-0.15, -0.1) is 6.42 Å². The summed E-state index contributed by atoms with van der Waals surface area (Å²) >= 11 is 1.47. The lowest BCUT2D eigenvalue weighted by Crippen LogP contribution is -2.16. The number of para-hydroxylation sites is 1. The number of unbranched alkanes of at least 4 members (excludes halogenated alkanes) is 1. The number of terminal acetylenes is 1. The standard InChI is InChI=1S/C17H20N2O2S/c1-4-7-11-15(20)18-17-19(12-5-2)16-13(21-6-3)9-8-10-14(16)22-17/h2,8-10H,4,6-7,11-12H2,1,3H3. The average Bonchev–Trinajstić information content (AvgIpc) is 2.84. The monoisotopic (exact) mass is 316 g/mol. The van der Waals surface area contributed by atoms with Gasteiger partial charge in [-0.05, 0) is 25.5 Å². The van der Waals surface area contributed by atoms with E-state index in [-0.39, 0.29) is 5.91 Å². The van der Waals surface area contributed by atoms with E-state index in [4.69, 9.17) is 11.2 Å². The smallest absolute Gasteiger partial charge is 0.248 e. The topological polar surface area (TPSA) is 43.6 Å². The predicted octanol–water partition coefficient (Wildman–Crippen LogP) is 3.35. The summed E-state index contributed by atoms with van der Waals surface area (Å²) in [6.07, 6.45) is 7.78. The molecule has 0 saturated heterocycles. The van der Waals surface area contributed by atoms with Crippen LogP contribution < -0.4 is 9.54 Å². The molecule has 1 aromatic heterocycles. The quantitative estimate of drug-likeness (QED) is 0.767. The largest absolute Gasteiger partial charge is 0.492 e. The SMILES string of the molecule is C#CCn1c(=NC(=O)CCCC)sc2cccc(OCC)c21. The van der Waals surface area contributed by atoms with E-state index in [1.807, 2.05) is 29.7 Å². The molecule has 116 valence electrons. The summed E-state index contributed by atoms with van der Waals surface area (Å²) in [5.41, 5.74) is 0.911. The minimum Gasteiger partial charge on any atom is -0.492 e. The summed E-state index contributed by atoms with van der Waals surface area (Å²) in [6, 6.07) is 5.84. The van der Waals surface area contributed by atoms with Gasteiger partial charge in [0.15, 0.2) is 4.80 Å². The average molecular weight is 316 g/mol. The highest BCUT2D eigenvalue weighted by molar-refractivity contribution is 7.16. The lowest BCUT2D eigenvalue weighted by atomic mass is 10.2. The van der Waals surface area contributed by atoms with E-state index in [0.29, 0.717) is 24.4 Å². The number of benzene rings is 1. The third kappa shape index (κ3) is 3.58. The third-order valence-corrected chi connectivity index (χ3v) is 4.22. The molecule has 0 aliphatic heterocycles. The number of ether oxygens (including phenoxy) is 1.